The molecule has 20 heavy (non-hydrogen) atoms. The van der Waals surface area contributed by atoms with Crippen LogP contribution in [0.15, 0.2) is 24.3 Å². The van der Waals surface area contributed by atoms with Crippen molar-refractivity contribution in [2.45, 2.75) is 57.5 Å². The molecule has 1 aromatic rings. The van der Waals surface area contributed by atoms with Gasteiger partial charge in [-0.05, 0) is 55.8 Å². The molecule has 0 radical (unpaired) electrons. The maximum absolute atomic E-state index is 3.68. The largest absolute Gasteiger partial charge is 0.313 e. The number of nitrogens with one attached hydrogen (secondary N) is 1. The standard InChI is InChI=1S/C18H28N2/c1-2-20(14-17-8-5-6-12-19-17)13-16-7-3-4-9-18(16)15-10-11-15/h3-4,7,9,15,17,19H,2,5-6,8,10-14H2,1H3. The fourth-order valence-corrected chi connectivity index (χ4v) is 3.41. The summed E-state index contributed by atoms with van der Waals surface area (Å²) in [4.78, 5) is 2.62. The van der Waals surface area contributed by atoms with Crippen LogP contribution >= 0.6 is 0 Å². The number of piperidine rings is 1. The molecular formula is C18H28N2. The molecule has 1 unspecified atom stereocenters. The van der Waals surface area contributed by atoms with E-state index < -0.39 is 0 Å². The Balaban J connectivity index is 1.62. The summed E-state index contributed by atoms with van der Waals surface area (Å²) in [5, 5.41) is 3.68. The first-order chi connectivity index (χ1) is 9.86. The van der Waals surface area contributed by atoms with Crippen molar-refractivity contribution in [3.8, 4) is 0 Å². The number of benzene rings is 1. The Morgan fingerprint density at radius 3 is 2.70 bits per heavy atom. The van der Waals surface area contributed by atoms with Crippen LogP contribution in [-0.4, -0.2) is 30.6 Å². The lowest BCUT2D eigenvalue weighted by Crippen LogP contribution is -2.43. The molecule has 0 bridgehead atoms. The Morgan fingerprint density at radius 2 is 2.00 bits per heavy atom. The van der Waals surface area contributed by atoms with Crippen LogP contribution in [0.4, 0.5) is 0 Å². The van der Waals surface area contributed by atoms with Crippen LogP contribution in [0.3, 0.4) is 0 Å². The van der Waals surface area contributed by atoms with Gasteiger partial charge in [-0.1, -0.05) is 37.6 Å². The SMILES string of the molecule is CCN(Cc1ccccc1C1CC1)CC1CCCCN1. The summed E-state index contributed by atoms with van der Waals surface area (Å²) in [6, 6.07) is 9.80. The van der Waals surface area contributed by atoms with Crippen molar-refractivity contribution in [2.75, 3.05) is 19.6 Å². The Bertz CT molecular complexity index is 419. The second-order valence-electron chi connectivity index (χ2n) is 6.45. The number of nitrogens with zero attached hydrogens (tertiary/aromatic N) is 1. The number of rotatable bonds is 6. The van der Waals surface area contributed by atoms with Gasteiger partial charge in [-0.3, -0.25) is 4.90 Å². The summed E-state index contributed by atoms with van der Waals surface area (Å²) in [6.07, 6.45) is 6.89. The zero-order valence-electron chi connectivity index (χ0n) is 12.8. The molecule has 1 saturated heterocycles. The van der Waals surface area contributed by atoms with E-state index in [1.807, 2.05) is 0 Å². The smallest absolute Gasteiger partial charge is 0.0237 e. The van der Waals surface area contributed by atoms with Crippen LogP contribution in [0.5, 0.6) is 0 Å². The van der Waals surface area contributed by atoms with Gasteiger partial charge in [0, 0.05) is 19.1 Å². The van der Waals surface area contributed by atoms with E-state index in [0.717, 1.165) is 19.0 Å². The Kier molecular flexibility index (Phi) is 4.74. The molecule has 1 heterocycles. The van der Waals surface area contributed by atoms with Gasteiger partial charge in [-0.15, -0.1) is 0 Å². The summed E-state index contributed by atoms with van der Waals surface area (Å²) in [7, 11) is 0. The van der Waals surface area contributed by atoms with E-state index in [0.29, 0.717) is 6.04 Å². The topological polar surface area (TPSA) is 15.3 Å². The third-order valence-electron chi connectivity index (χ3n) is 4.80. The average Bonchev–Trinajstić information content (AvgIpc) is 3.33. The summed E-state index contributed by atoms with van der Waals surface area (Å²) < 4.78 is 0. The molecule has 1 aliphatic heterocycles. The highest BCUT2D eigenvalue weighted by Crippen LogP contribution is 2.41. The molecule has 1 aliphatic carbocycles. The van der Waals surface area contributed by atoms with E-state index in [-0.39, 0.29) is 0 Å². The van der Waals surface area contributed by atoms with Crippen LogP contribution in [0, 0.1) is 0 Å². The van der Waals surface area contributed by atoms with Crippen LogP contribution in [-0.2, 0) is 6.54 Å². The first kappa shape index (κ1) is 14.1. The van der Waals surface area contributed by atoms with Crippen LogP contribution in [0.1, 0.15) is 56.1 Å². The highest BCUT2D eigenvalue weighted by atomic mass is 15.1. The lowest BCUT2D eigenvalue weighted by molar-refractivity contribution is 0.226. The number of likely N-dealkylation sites (N-methyl/N-ethyl adjacent to an activating group) is 1. The third-order valence-corrected chi connectivity index (χ3v) is 4.80. The van der Waals surface area contributed by atoms with Gasteiger partial charge < -0.3 is 5.32 Å². The van der Waals surface area contributed by atoms with E-state index in [1.54, 1.807) is 11.1 Å². The van der Waals surface area contributed by atoms with Gasteiger partial charge in [0.15, 0.2) is 0 Å². The van der Waals surface area contributed by atoms with Crippen molar-refractivity contribution >= 4 is 0 Å². The molecule has 1 atom stereocenters. The minimum absolute atomic E-state index is 0.705. The van der Waals surface area contributed by atoms with Crippen LogP contribution < -0.4 is 5.32 Å². The van der Waals surface area contributed by atoms with Crippen molar-refractivity contribution in [2.24, 2.45) is 0 Å². The van der Waals surface area contributed by atoms with E-state index in [1.165, 1.54) is 45.2 Å². The lowest BCUT2D eigenvalue weighted by atomic mass is 10.0. The van der Waals surface area contributed by atoms with Crippen molar-refractivity contribution in [1.82, 2.24) is 10.2 Å². The number of hydrogen-bond donors (Lipinski definition) is 1. The molecule has 0 aromatic heterocycles. The minimum atomic E-state index is 0.705. The molecule has 2 fully saturated rings. The highest BCUT2D eigenvalue weighted by Gasteiger charge is 2.26. The predicted octanol–water partition coefficient (Wildman–Crippen LogP) is 3.53. The van der Waals surface area contributed by atoms with Crippen molar-refractivity contribution in [3.05, 3.63) is 35.4 Å². The van der Waals surface area contributed by atoms with E-state index in [2.05, 4.69) is 41.4 Å². The Hall–Kier alpha value is -0.860. The maximum atomic E-state index is 3.68. The second kappa shape index (κ2) is 6.73. The molecule has 0 amide bonds. The van der Waals surface area contributed by atoms with Gasteiger partial charge in [-0.25, -0.2) is 0 Å². The van der Waals surface area contributed by atoms with Gasteiger partial charge >= 0.3 is 0 Å². The summed E-state index contributed by atoms with van der Waals surface area (Å²) in [6.45, 7) is 6.98. The zero-order valence-corrected chi connectivity index (χ0v) is 12.8. The Morgan fingerprint density at radius 1 is 1.15 bits per heavy atom. The monoisotopic (exact) mass is 272 g/mol. The lowest BCUT2D eigenvalue weighted by Gasteiger charge is -2.30. The van der Waals surface area contributed by atoms with Gasteiger partial charge in [0.25, 0.3) is 0 Å². The highest BCUT2D eigenvalue weighted by molar-refractivity contribution is 5.33. The van der Waals surface area contributed by atoms with E-state index in [4.69, 9.17) is 0 Å². The summed E-state index contributed by atoms with van der Waals surface area (Å²) >= 11 is 0. The maximum Gasteiger partial charge on any atom is 0.0237 e. The zero-order chi connectivity index (χ0) is 13.8. The Labute approximate surface area is 123 Å². The first-order valence-electron chi connectivity index (χ1n) is 8.40. The van der Waals surface area contributed by atoms with Crippen LogP contribution in [0.2, 0.25) is 0 Å². The van der Waals surface area contributed by atoms with Gasteiger partial charge in [0.1, 0.15) is 0 Å². The van der Waals surface area contributed by atoms with Crippen molar-refractivity contribution in [3.63, 3.8) is 0 Å². The third kappa shape index (κ3) is 3.62. The summed E-state index contributed by atoms with van der Waals surface area (Å²) in [5.74, 6) is 0.859. The molecule has 0 spiro atoms. The fraction of sp³-hybridized carbons (Fsp3) is 0.667. The molecule has 1 saturated carbocycles. The molecule has 1 N–H and O–H groups in total. The normalized spacial score (nSPS) is 23.2. The number of hydrogen-bond acceptors (Lipinski definition) is 2. The van der Waals surface area contributed by atoms with Gasteiger partial charge in [-0.2, -0.15) is 0 Å². The molecule has 3 rings (SSSR count). The molecule has 2 nitrogen and oxygen atoms in total. The van der Waals surface area contributed by atoms with E-state index in [9.17, 15) is 0 Å². The molecular weight excluding hydrogens is 244 g/mol. The molecule has 1 aromatic carbocycles. The quantitative estimate of drug-likeness (QED) is 0.852. The van der Waals surface area contributed by atoms with E-state index >= 15 is 0 Å². The first-order valence-corrected chi connectivity index (χ1v) is 8.40. The van der Waals surface area contributed by atoms with Crippen LogP contribution in [0.25, 0.3) is 0 Å². The van der Waals surface area contributed by atoms with Gasteiger partial charge in [0.2, 0.25) is 0 Å². The second-order valence-corrected chi connectivity index (χ2v) is 6.45. The fourth-order valence-electron chi connectivity index (χ4n) is 3.41. The van der Waals surface area contributed by atoms with Crippen molar-refractivity contribution in [1.29, 1.82) is 0 Å². The minimum Gasteiger partial charge on any atom is -0.313 e. The van der Waals surface area contributed by atoms with Crippen molar-refractivity contribution < 1.29 is 0 Å². The average molecular weight is 272 g/mol. The summed E-state index contributed by atoms with van der Waals surface area (Å²) in [5.41, 5.74) is 3.18. The molecule has 110 valence electrons. The van der Waals surface area contributed by atoms with Gasteiger partial charge in [0.05, 0.1) is 0 Å². The predicted molar refractivity (Wildman–Crippen MR) is 85.0 cm³/mol. The molecule has 2 heteroatoms. The molecule has 2 aliphatic rings.